The second kappa shape index (κ2) is 5.70. The lowest BCUT2D eigenvalue weighted by molar-refractivity contribution is -0.131. The van der Waals surface area contributed by atoms with Gasteiger partial charge in [-0.25, -0.2) is 4.79 Å². The molecule has 122 valence electrons. The van der Waals surface area contributed by atoms with Crippen LogP contribution in [0.4, 0.5) is 0 Å². The fourth-order valence-corrected chi connectivity index (χ4v) is 5.66. The Morgan fingerprint density at radius 1 is 1.09 bits per heavy atom. The zero-order valence-corrected chi connectivity index (χ0v) is 13.4. The van der Waals surface area contributed by atoms with Crippen molar-refractivity contribution in [3.63, 3.8) is 0 Å². The molecule has 0 amide bonds. The largest absolute Gasteiger partial charge is 0.490 e. The molecule has 0 aromatic heterocycles. The quantitative estimate of drug-likeness (QED) is 0.830. The first-order valence-electron chi connectivity index (χ1n) is 8.76. The van der Waals surface area contributed by atoms with Gasteiger partial charge in [0.1, 0.15) is 12.4 Å². The molecule has 4 saturated carbocycles. The summed E-state index contributed by atoms with van der Waals surface area (Å²) in [4.78, 5) is 10.4. The molecule has 23 heavy (non-hydrogen) atoms. The minimum atomic E-state index is -0.939. The van der Waals surface area contributed by atoms with Crippen LogP contribution >= 0.6 is 0 Å². The fourth-order valence-electron chi connectivity index (χ4n) is 5.66. The molecule has 1 aromatic rings. The van der Waals surface area contributed by atoms with E-state index in [1.54, 1.807) is 0 Å². The predicted molar refractivity (Wildman–Crippen MR) is 88.6 cm³/mol. The highest BCUT2D eigenvalue weighted by Gasteiger charge is 2.51. The first kappa shape index (κ1) is 14.8. The monoisotopic (exact) mass is 312 g/mol. The summed E-state index contributed by atoms with van der Waals surface area (Å²) in [7, 11) is 0. The number of hydrogen-bond donors (Lipinski definition) is 1. The molecule has 4 fully saturated rings. The van der Waals surface area contributed by atoms with E-state index in [2.05, 4.69) is 12.1 Å². The molecule has 1 N–H and O–H groups in total. The van der Waals surface area contributed by atoms with Crippen molar-refractivity contribution in [2.24, 2.45) is 17.8 Å². The Bertz CT molecular complexity index is 579. The van der Waals surface area contributed by atoms with Gasteiger partial charge in [-0.15, -0.1) is 0 Å². The minimum Gasteiger partial charge on any atom is -0.490 e. The summed E-state index contributed by atoms with van der Waals surface area (Å²) in [5.74, 6) is 2.74. The highest BCUT2D eigenvalue weighted by Crippen LogP contribution is 2.60. The molecule has 4 aliphatic rings. The number of aliphatic carboxylic acids is 1. The molecule has 0 saturated heterocycles. The van der Waals surface area contributed by atoms with Crippen LogP contribution in [0.2, 0.25) is 0 Å². The zero-order chi connectivity index (χ0) is 15.9. The number of carboxylic acids is 1. The molecule has 3 heteroatoms. The summed E-state index contributed by atoms with van der Waals surface area (Å²) < 4.78 is 5.58. The number of benzene rings is 1. The van der Waals surface area contributed by atoms with Crippen LogP contribution in [0.3, 0.4) is 0 Å². The van der Waals surface area contributed by atoms with Crippen molar-refractivity contribution in [1.82, 2.24) is 0 Å². The van der Waals surface area contributed by atoms with E-state index < -0.39 is 5.97 Å². The van der Waals surface area contributed by atoms with Gasteiger partial charge in [-0.3, -0.25) is 0 Å². The molecule has 0 spiro atoms. The van der Waals surface area contributed by atoms with E-state index in [-0.39, 0.29) is 0 Å². The molecule has 0 atom stereocenters. The molecule has 4 bridgehead atoms. The van der Waals surface area contributed by atoms with Gasteiger partial charge in [-0.2, -0.15) is 0 Å². The third kappa shape index (κ3) is 2.89. The zero-order valence-electron chi connectivity index (χ0n) is 13.4. The van der Waals surface area contributed by atoms with Crippen molar-refractivity contribution in [3.8, 4) is 5.75 Å². The number of ether oxygens (including phenoxy) is 1. The molecule has 0 radical (unpaired) electrons. The van der Waals surface area contributed by atoms with E-state index in [1.165, 1.54) is 50.2 Å². The van der Waals surface area contributed by atoms with Crippen molar-refractivity contribution in [2.75, 3.05) is 6.61 Å². The molecular formula is C20H24O3. The first-order chi connectivity index (χ1) is 11.1. The SMILES string of the molecule is O=C(O)C=CCOc1ccc(C23CC4CC(CC(C4)C2)C3)cc1. The van der Waals surface area contributed by atoms with Crippen LogP contribution in [-0.4, -0.2) is 17.7 Å². The van der Waals surface area contributed by atoms with Crippen molar-refractivity contribution in [3.05, 3.63) is 42.0 Å². The number of hydrogen-bond acceptors (Lipinski definition) is 2. The lowest BCUT2D eigenvalue weighted by Crippen LogP contribution is -2.48. The highest BCUT2D eigenvalue weighted by atomic mass is 16.5. The summed E-state index contributed by atoms with van der Waals surface area (Å²) in [6.07, 6.45) is 11.2. The smallest absolute Gasteiger partial charge is 0.328 e. The van der Waals surface area contributed by atoms with Crippen LogP contribution in [-0.2, 0) is 10.2 Å². The standard InChI is InChI=1S/C20H24O3/c21-19(22)2-1-7-23-18-5-3-17(4-6-18)20-11-14-8-15(12-20)10-16(9-14)13-20/h1-6,14-16H,7-13H2,(H,21,22). The maximum absolute atomic E-state index is 10.4. The average molecular weight is 312 g/mol. The van der Waals surface area contributed by atoms with Crippen LogP contribution in [0.25, 0.3) is 0 Å². The Kier molecular flexibility index (Phi) is 3.67. The van der Waals surface area contributed by atoms with Gasteiger partial charge in [0.15, 0.2) is 0 Å². The normalized spacial score (nSPS) is 34.9. The van der Waals surface area contributed by atoms with Crippen molar-refractivity contribution in [2.45, 2.75) is 43.9 Å². The van der Waals surface area contributed by atoms with Gasteiger partial charge in [0.05, 0.1) is 0 Å². The Morgan fingerprint density at radius 2 is 1.65 bits per heavy atom. The van der Waals surface area contributed by atoms with Gasteiger partial charge < -0.3 is 9.84 Å². The van der Waals surface area contributed by atoms with E-state index in [1.807, 2.05) is 12.1 Å². The van der Waals surface area contributed by atoms with Gasteiger partial charge in [0.25, 0.3) is 0 Å². The summed E-state index contributed by atoms with van der Waals surface area (Å²) in [5, 5.41) is 8.56. The second-order valence-electron chi connectivity index (χ2n) is 7.77. The van der Waals surface area contributed by atoms with Crippen molar-refractivity contribution in [1.29, 1.82) is 0 Å². The van der Waals surface area contributed by atoms with Crippen LogP contribution in [0.15, 0.2) is 36.4 Å². The third-order valence-corrected chi connectivity index (χ3v) is 6.11. The topological polar surface area (TPSA) is 46.5 Å². The first-order valence-corrected chi connectivity index (χ1v) is 8.76. The van der Waals surface area contributed by atoms with Gasteiger partial charge >= 0.3 is 5.97 Å². The van der Waals surface area contributed by atoms with Crippen LogP contribution in [0, 0.1) is 17.8 Å². The van der Waals surface area contributed by atoms with Gasteiger partial charge in [-0.05, 0) is 85.5 Å². The van der Waals surface area contributed by atoms with Crippen molar-refractivity contribution < 1.29 is 14.6 Å². The lowest BCUT2D eigenvalue weighted by Gasteiger charge is -2.57. The fraction of sp³-hybridized carbons (Fsp3) is 0.550. The van der Waals surface area contributed by atoms with Gasteiger partial charge in [-0.1, -0.05) is 12.1 Å². The third-order valence-electron chi connectivity index (χ3n) is 6.11. The highest BCUT2D eigenvalue weighted by molar-refractivity contribution is 5.79. The maximum atomic E-state index is 10.4. The number of carboxylic acid groups (broad SMARTS) is 1. The molecule has 0 aliphatic heterocycles. The molecule has 0 heterocycles. The molecular weight excluding hydrogens is 288 g/mol. The summed E-state index contributed by atoms with van der Waals surface area (Å²) in [5.41, 5.74) is 1.92. The Hall–Kier alpha value is -1.77. The molecule has 5 rings (SSSR count). The van der Waals surface area contributed by atoms with E-state index in [0.717, 1.165) is 29.6 Å². The molecule has 0 unspecified atom stereocenters. The second-order valence-corrected chi connectivity index (χ2v) is 7.77. The Morgan fingerprint density at radius 3 is 2.17 bits per heavy atom. The van der Waals surface area contributed by atoms with Gasteiger partial charge in [0.2, 0.25) is 0 Å². The molecule has 1 aromatic carbocycles. The Balaban J connectivity index is 1.45. The average Bonchev–Trinajstić information content (AvgIpc) is 2.51. The van der Waals surface area contributed by atoms with E-state index in [4.69, 9.17) is 9.84 Å². The maximum Gasteiger partial charge on any atom is 0.328 e. The lowest BCUT2D eigenvalue weighted by atomic mass is 9.48. The van der Waals surface area contributed by atoms with E-state index in [9.17, 15) is 4.79 Å². The van der Waals surface area contributed by atoms with E-state index in [0.29, 0.717) is 12.0 Å². The summed E-state index contributed by atoms with van der Waals surface area (Å²) in [6, 6.07) is 8.57. The van der Waals surface area contributed by atoms with Crippen molar-refractivity contribution >= 4 is 5.97 Å². The van der Waals surface area contributed by atoms with Crippen LogP contribution in [0.1, 0.15) is 44.1 Å². The molecule has 4 aliphatic carbocycles. The Labute approximate surface area is 137 Å². The predicted octanol–water partition coefficient (Wildman–Crippen LogP) is 4.17. The van der Waals surface area contributed by atoms with Crippen LogP contribution in [0.5, 0.6) is 5.75 Å². The van der Waals surface area contributed by atoms with Gasteiger partial charge in [0, 0.05) is 6.08 Å². The van der Waals surface area contributed by atoms with Crippen LogP contribution < -0.4 is 4.74 Å². The molecule has 3 nitrogen and oxygen atoms in total. The summed E-state index contributed by atoms with van der Waals surface area (Å²) in [6.45, 7) is 0.295. The number of rotatable bonds is 5. The minimum absolute atomic E-state index is 0.295. The van der Waals surface area contributed by atoms with E-state index >= 15 is 0 Å². The summed E-state index contributed by atoms with van der Waals surface area (Å²) >= 11 is 0. The number of carbonyl (C=O) groups is 1.